The Bertz CT molecular complexity index is 304. The summed E-state index contributed by atoms with van der Waals surface area (Å²) in [6.45, 7) is 1.04. The first-order chi connectivity index (χ1) is 7.79. The molecule has 0 aliphatic rings. The largest absolute Gasteiger partial charge is 0.495 e. The van der Waals surface area contributed by atoms with E-state index in [0.29, 0.717) is 0 Å². The van der Waals surface area contributed by atoms with Crippen LogP contribution in [0.4, 0.5) is 5.69 Å². The van der Waals surface area contributed by atoms with Crippen molar-refractivity contribution in [1.29, 1.82) is 0 Å². The van der Waals surface area contributed by atoms with E-state index in [-0.39, 0.29) is 0 Å². The van der Waals surface area contributed by atoms with Gasteiger partial charge in [0.05, 0.1) is 12.8 Å². The summed E-state index contributed by atoms with van der Waals surface area (Å²) in [4.78, 5) is 2.23. The molecule has 0 aliphatic heterocycles. The second-order valence-electron chi connectivity index (χ2n) is 3.84. The first-order valence-corrected chi connectivity index (χ1v) is 6.23. The van der Waals surface area contributed by atoms with Crippen molar-refractivity contribution >= 4 is 17.3 Å². The molecule has 0 saturated carbocycles. The highest BCUT2D eigenvalue weighted by Crippen LogP contribution is 2.26. The van der Waals surface area contributed by atoms with E-state index in [1.54, 1.807) is 7.11 Å². The molecule has 0 unspecified atom stereocenters. The van der Waals surface area contributed by atoms with Crippen LogP contribution in [-0.2, 0) is 0 Å². The second kappa shape index (κ2) is 7.39. The molecule has 0 spiro atoms. The number of anilines is 1. The average molecular weight is 242 g/mol. The van der Waals surface area contributed by atoms with Crippen molar-refractivity contribution in [3.05, 3.63) is 24.3 Å². The molecule has 0 aromatic heterocycles. The maximum absolute atomic E-state index is 5.65. The van der Waals surface area contributed by atoms with Gasteiger partial charge >= 0.3 is 0 Å². The van der Waals surface area contributed by atoms with Gasteiger partial charge in [-0.2, -0.15) is 0 Å². The van der Waals surface area contributed by atoms with Gasteiger partial charge in [0.25, 0.3) is 0 Å². The van der Waals surface area contributed by atoms with Gasteiger partial charge in [0.1, 0.15) is 5.75 Å². The van der Waals surface area contributed by atoms with Crippen LogP contribution in [0.1, 0.15) is 19.3 Å². The van der Waals surface area contributed by atoms with Gasteiger partial charge in [-0.1, -0.05) is 18.6 Å². The maximum atomic E-state index is 5.65. The summed E-state index contributed by atoms with van der Waals surface area (Å²) in [5.41, 5.74) is 1.15. The van der Waals surface area contributed by atoms with Crippen LogP contribution in [0.15, 0.2) is 24.3 Å². The van der Waals surface area contributed by atoms with Gasteiger partial charge < -0.3 is 9.64 Å². The zero-order valence-corrected chi connectivity index (χ0v) is 10.8. The standard InChI is InChI=1S/C13H20ClNO/c1-15(11-7-3-6-10-14)12-8-4-5-9-13(12)16-2/h4-5,8-9H,3,6-7,10-11H2,1-2H3. The van der Waals surface area contributed by atoms with Crippen molar-refractivity contribution in [2.45, 2.75) is 19.3 Å². The number of methoxy groups -OCH3 is 1. The minimum Gasteiger partial charge on any atom is -0.495 e. The Morgan fingerprint density at radius 3 is 2.62 bits per heavy atom. The van der Waals surface area contributed by atoms with Crippen molar-refractivity contribution < 1.29 is 4.74 Å². The SMILES string of the molecule is COc1ccccc1N(C)CCCCCCl. The quantitative estimate of drug-likeness (QED) is 0.535. The lowest BCUT2D eigenvalue weighted by Crippen LogP contribution is -2.19. The summed E-state index contributed by atoms with van der Waals surface area (Å²) in [6.07, 6.45) is 3.45. The molecule has 0 heterocycles. The zero-order chi connectivity index (χ0) is 11.8. The third-order valence-electron chi connectivity index (χ3n) is 2.62. The number of hydrogen-bond donors (Lipinski definition) is 0. The van der Waals surface area contributed by atoms with E-state index in [1.807, 2.05) is 18.2 Å². The molecule has 16 heavy (non-hydrogen) atoms. The number of halogens is 1. The summed E-state index contributed by atoms with van der Waals surface area (Å²) >= 11 is 5.65. The Kier molecular flexibility index (Phi) is 6.09. The van der Waals surface area contributed by atoms with Crippen molar-refractivity contribution in [2.75, 3.05) is 31.5 Å². The van der Waals surface area contributed by atoms with Crippen LogP contribution >= 0.6 is 11.6 Å². The van der Waals surface area contributed by atoms with Gasteiger partial charge in [-0.25, -0.2) is 0 Å². The Labute approximate surface area is 103 Å². The average Bonchev–Trinajstić information content (AvgIpc) is 2.34. The number of para-hydroxylation sites is 2. The molecular weight excluding hydrogens is 222 g/mol. The molecule has 0 amide bonds. The molecule has 0 saturated heterocycles. The third-order valence-corrected chi connectivity index (χ3v) is 2.89. The first-order valence-electron chi connectivity index (χ1n) is 5.69. The molecule has 0 atom stereocenters. The van der Waals surface area contributed by atoms with Crippen molar-refractivity contribution in [2.24, 2.45) is 0 Å². The molecule has 90 valence electrons. The lowest BCUT2D eigenvalue weighted by Gasteiger charge is -2.21. The predicted molar refractivity (Wildman–Crippen MR) is 70.8 cm³/mol. The van der Waals surface area contributed by atoms with Crippen LogP contribution in [0.2, 0.25) is 0 Å². The first kappa shape index (κ1) is 13.2. The van der Waals surface area contributed by atoms with E-state index >= 15 is 0 Å². The van der Waals surface area contributed by atoms with E-state index in [2.05, 4.69) is 18.0 Å². The highest BCUT2D eigenvalue weighted by atomic mass is 35.5. The van der Waals surface area contributed by atoms with E-state index < -0.39 is 0 Å². The van der Waals surface area contributed by atoms with Gasteiger partial charge in [0, 0.05) is 19.5 Å². The molecule has 0 fully saturated rings. The molecule has 1 aromatic carbocycles. The van der Waals surface area contributed by atoms with Crippen LogP contribution in [0, 0.1) is 0 Å². The van der Waals surface area contributed by atoms with E-state index in [0.717, 1.165) is 30.3 Å². The van der Waals surface area contributed by atoms with E-state index in [1.165, 1.54) is 12.8 Å². The minimum atomic E-state index is 0.762. The second-order valence-corrected chi connectivity index (χ2v) is 4.22. The number of hydrogen-bond acceptors (Lipinski definition) is 2. The number of unbranched alkanes of at least 4 members (excludes halogenated alkanes) is 2. The van der Waals surface area contributed by atoms with Crippen molar-refractivity contribution in [3.8, 4) is 5.75 Å². The van der Waals surface area contributed by atoms with Crippen molar-refractivity contribution in [3.63, 3.8) is 0 Å². The van der Waals surface area contributed by atoms with Gasteiger partial charge in [-0.05, 0) is 25.0 Å². The number of rotatable bonds is 7. The van der Waals surface area contributed by atoms with E-state index in [9.17, 15) is 0 Å². The maximum Gasteiger partial charge on any atom is 0.142 e. The topological polar surface area (TPSA) is 12.5 Å². The summed E-state index contributed by atoms with van der Waals surface area (Å²) in [5.74, 6) is 1.69. The Hall–Kier alpha value is -0.890. The Morgan fingerprint density at radius 2 is 1.94 bits per heavy atom. The normalized spacial score (nSPS) is 10.2. The predicted octanol–water partition coefficient (Wildman–Crippen LogP) is 3.54. The number of ether oxygens (including phenoxy) is 1. The number of benzene rings is 1. The molecule has 0 N–H and O–H groups in total. The van der Waals surface area contributed by atoms with Crippen LogP contribution in [0.25, 0.3) is 0 Å². The van der Waals surface area contributed by atoms with Crippen LogP contribution in [-0.4, -0.2) is 26.6 Å². The Balaban J connectivity index is 2.48. The zero-order valence-electron chi connectivity index (χ0n) is 10.1. The third kappa shape index (κ3) is 3.93. The molecule has 3 heteroatoms. The van der Waals surface area contributed by atoms with Crippen LogP contribution in [0.3, 0.4) is 0 Å². The molecular formula is C13H20ClNO. The van der Waals surface area contributed by atoms with E-state index in [4.69, 9.17) is 16.3 Å². The number of alkyl halides is 1. The van der Waals surface area contributed by atoms with Crippen LogP contribution in [0.5, 0.6) is 5.75 Å². The summed E-state index contributed by atoms with van der Waals surface area (Å²) in [5, 5.41) is 0. The lowest BCUT2D eigenvalue weighted by atomic mass is 10.2. The van der Waals surface area contributed by atoms with Gasteiger partial charge in [0.2, 0.25) is 0 Å². The smallest absolute Gasteiger partial charge is 0.142 e. The highest BCUT2D eigenvalue weighted by Gasteiger charge is 2.06. The summed E-state index contributed by atoms with van der Waals surface area (Å²) < 4.78 is 5.33. The number of nitrogens with zero attached hydrogens (tertiary/aromatic N) is 1. The van der Waals surface area contributed by atoms with Gasteiger partial charge in [-0.15, -0.1) is 11.6 Å². The molecule has 1 rings (SSSR count). The molecule has 0 aliphatic carbocycles. The highest BCUT2D eigenvalue weighted by molar-refractivity contribution is 6.17. The Morgan fingerprint density at radius 1 is 1.19 bits per heavy atom. The molecule has 0 radical (unpaired) electrons. The summed E-state index contributed by atoms with van der Waals surface area (Å²) in [7, 11) is 3.80. The lowest BCUT2D eigenvalue weighted by molar-refractivity contribution is 0.414. The van der Waals surface area contributed by atoms with Gasteiger partial charge in [-0.3, -0.25) is 0 Å². The van der Waals surface area contributed by atoms with Crippen LogP contribution < -0.4 is 9.64 Å². The van der Waals surface area contributed by atoms with Crippen molar-refractivity contribution in [1.82, 2.24) is 0 Å². The molecule has 2 nitrogen and oxygen atoms in total. The fourth-order valence-corrected chi connectivity index (χ4v) is 1.87. The minimum absolute atomic E-state index is 0.762. The fourth-order valence-electron chi connectivity index (χ4n) is 1.69. The fraction of sp³-hybridized carbons (Fsp3) is 0.538. The van der Waals surface area contributed by atoms with Gasteiger partial charge in [0.15, 0.2) is 0 Å². The monoisotopic (exact) mass is 241 g/mol. The molecule has 0 bridgehead atoms. The molecule has 1 aromatic rings. The summed E-state index contributed by atoms with van der Waals surface area (Å²) in [6, 6.07) is 8.10.